The van der Waals surface area contributed by atoms with Gasteiger partial charge in [-0.1, -0.05) is 6.92 Å². The zero-order valence-electron chi connectivity index (χ0n) is 35.1. The molecular formula is C37H61ClN4O14P2S2. The fourth-order valence-corrected chi connectivity index (χ4v) is 15.5. The second-order valence-corrected chi connectivity index (χ2v) is 22.3. The average Bonchev–Trinajstić information content (AvgIpc) is 4.03. The molecule has 3 saturated heterocycles. The molecule has 60 heavy (non-hydrogen) atoms. The maximum absolute atomic E-state index is 12.2. The SMILES string of the molecule is C1CCOC1.CCOP(=S)(OCC)C1CC1[C@H]1O[C@@H](n2ccc(=O)[nH]c2=O)C(OC)[C@H]1C.CCOP(=S)(OCC)C1CC1[C@H]1O[C@@H](n2ccc(=O)[nH]c2=O)C(OC)[C@H]1O.Cl. The minimum absolute atomic E-state index is 0. The van der Waals surface area contributed by atoms with Gasteiger partial charge >= 0.3 is 11.4 Å². The van der Waals surface area contributed by atoms with Crippen LogP contribution < -0.4 is 22.5 Å². The van der Waals surface area contributed by atoms with E-state index in [2.05, 4.69) is 16.9 Å². The normalized spacial score (nSPS) is 32.0. The monoisotopic (exact) mass is 946 g/mol. The molecule has 12 atom stereocenters. The molecule has 0 bridgehead atoms. The van der Waals surface area contributed by atoms with Gasteiger partial charge in [0.2, 0.25) is 0 Å². The van der Waals surface area contributed by atoms with E-state index in [0.29, 0.717) is 26.4 Å². The van der Waals surface area contributed by atoms with Crippen molar-refractivity contribution in [1.29, 1.82) is 0 Å². The van der Waals surface area contributed by atoms with Gasteiger partial charge < -0.3 is 46.9 Å². The minimum Gasteiger partial charge on any atom is -0.387 e. The Morgan fingerprint density at radius 3 is 1.48 bits per heavy atom. The van der Waals surface area contributed by atoms with E-state index < -0.39 is 66.2 Å². The van der Waals surface area contributed by atoms with Crippen LogP contribution in [0.4, 0.5) is 0 Å². The van der Waals surface area contributed by atoms with Crippen LogP contribution in [0.25, 0.3) is 0 Å². The molecule has 23 heteroatoms. The van der Waals surface area contributed by atoms with E-state index in [-0.39, 0.29) is 53.7 Å². The smallest absolute Gasteiger partial charge is 0.330 e. The second-order valence-electron chi connectivity index (χ2n) is 14.8. The molecule has 342 valence electrons. The first-order valence-corrected chi connectivity index (χ1v) is 25.7. The van der Waals surface area contributed by atoms with Gasteiger partial charge in [0, 0.05) is 75.1 Å². The van der Waals surface area contributed by atoms with Crippen LogP contribution in [0.1, 0.15) is 72.8 Å². The van der Waals surface area contributed by atoms with Crippen LogP contribution in [0, 0.1) is 17.8 Å². The van der Waals surface area contributed by atoms with Crippen LogP contribution in [0.5, 0.6) is 0 Å². The zero-order valence-corrected chi connectivity index (χ0v) is 39.3. The van der Waals surface area contributed by atoms with Crippen LogP contribution >= 0.6 is 25.4 Å². The Bertz CT molecular complexity index is 1860. The van der Waals surface area contributed by atoms with E-state index in [9.17, 15) is 24.3 Å². The van der Waals surface area contributed by atoms with Crippen molar-refractivity contribution in [1.82, 2.24) is 19.1 Å². The number of rotatable bonds is 16. The van der Waals surface area contributed by atoms with Gasteiger partial charge in [0.1, 0.15) is 18.3 Å². The summed E-state index contributed by atoms with van der Waals surface area (Å²) in [5, 5.41) is 10.7. The molecule has 5 heterocycles. The number of hydrogen-bond acceptors (Lipinski definition) is 16. The predicted molar refractivity (Wildman–Crippen MR) is 233 cm³/mol. The summed E-state index contributed by atoms with van der Waals surface area (Å²) in [6.07, 6.45) is 2.81. The molecule has 18 nitrogen and oxygen atoms in total. The summed E-state index contributed by atoms with van der Waals surface area (Å²) in [4.78, 5) is 51.4. The van der Waals surface area contributed by atoms with Gasteiger partial charge in [0.25, 0.3) is 11.1 Å². The first-order valence-electron chi connectivity index (χ1n) is 20.2. The van der Waals surface area contributed by atoms with Gasteiger partial charge in [-0.15, -0.1) is 12.4 Å². The first kappa shape index (κ1) is 51.2. The van der Waals surface area contributed by atoms with E-state index in [4.69, 9.17) is 65.4 Å². The maximum Gasteiger partial charge on any atom is 0.330 e. The molecule has 2 aromatic rings. The Balaban J connectivity index is 0.000000233. The molecule has 2 aliphatic carbocycles. The minimum atomic E-state index is -2.47. The Morgan fingerprint density at radius 2 is 1.12 bits per heavy atom. The summed E-state index contributed by atoms with van der Waals surface area (Å²) in [5.41, 5.74) is -1.92. The largest absolute Gasteiger partial charge is 0.387 e. The van der Waals surface area contributed by atoms with Crippen LogP contribution in [0.3, 0.4) is 0 Å². The molecule has 0 radical (unpaired) electrons. The predicted octanol–water partition coefficient (Wildman–Crippen LogP) is 3.66. The average molecular weight is 947 g/mol. The van der Waals surface area contributed by atoms with Crippen LogP contribution in [0.2, 0.25) is 0 Å². The van der Waals surface area contributed by atoms with Crippen molar-refractivity contribution in [3.8, 4) is 0 Å². The highest BCUT2D eigenvalue weighted by atomic mass is 35.5. The number of H-pyrrole nitrogens is 2. The number of ether oxygens (including phenoxy) is 5. The maximum atomic E-state index is 12.2. The van der Waals surface area contributed by atoms with Crippen molar-refractivity contribution in [3.05, 3.63) is 66.2 Å². The molecule has 3 N–H and O–H groups in total. The van der Waals surface area contributed by atoms with Crippen LogP contribution in [0.15, 0.2) is 43.7 Å². The summed E-state index contributed by atoms with van der Waals surface area (Å²) in [6, 6.07) is 2.53. The quantitative estimate of drug-likeness (QED) is 0.205. The molecule has 3 aliphatic heterocycles. The molecule has 0 aromatic carbocycles. The molecule has 0 amide bonds. The number of aromatic nitrogens is 4. The molecule has 2 saturated carbocycles. The summed E-state index contributed by atoms with van der Waals surface area (Å²) >= 11 is 11.4. The number of halogens is 1. The van der Waals surface area contributed by atoms with Gasteiger partial charge in [0.05, 0.1) is 38.6 Å². The highest BCUT2D eigenvalue weighted by molar-refractivity contribution is 8.10. The van der Waals surface area contributed by atoms with E-state index >= 15 is 0 Å². The molecule has 0 spiro atoms. The Labute approximate surface area is 366 Å². The number of nitrogens with one attached hydrogen (secondary N) is 2. The third-order valence-corrected chi connectivity index (χ3v) is 19.2. The van der Waals surface area contributed by atoms with Crippen molar-refractivity contribution in [2.75, 3.05) is 53.9 Å². The fourth-order valence-electron chi connectivity index (χ4n) is 8.14. The second kappa shape index (κ2) is 22.9. The van der Waals surface area contributed by atoms with Crippen molar-refractivity contribution < 1.29 is 46.9 Å². The first-order chi connectivity index (χ1) is 28.2. The van der Waals surface area contributed by atoms with Crippen LogP contribution in [-0.2, 0) is 65.4 Å². The van der Waals surface area contributed by atoms with Gasteiger partial charge in [-0.3, -0.25) is 28.7 Å². The number of methoxy groups -OCH3 is 2. The van der Waals surface area contributed by atoms with Crippen molar-refractivity contribution in [3.63, 3.8) is 0 Å². The van der Waals surface area contributed by atoms with E-state index in [0.717, 1.165) is 26.1 Å². The van der Waals surface area contributed by atoms with Crippen molar-refractivity contribution >= 4 is 49.0 Å². The molecule has 7 rings (SSSR count). The van der Waals surface area contributed by atoms with E-state index in [1.54, 1.807) is 7.11 Å². The summed E-state index contributed by atoms with van der Waals surface area (Å²) in [5.74, 6) is 0.232. The lowest BCUT2D eigenvalue weighted by molar-refractivity contribution is -0.0572. The van der Waals surface area contributed by atoms with E-state index in [1.165, 1.54) is 53.6 Å². The molecular weight excluding hydrogens is 886 g/mol. The summed E-state index contributed by atoms with van der Waals surface area (Å²) < 4.78 is 54.1. The Hall–Kier alpha value is -1.45. The number of hydrogen-bond donors (Lipinski definition) is 3. The highest BCUT2D eigenvalue weighted by Crippen LogP contribution is 2.69. The standard InChI is InChI=1S/C17H27N2O6PS.C16H25N2O7PS.C4H8O.ClH/c1-5-23-26(27,24-6-2)12-9-11(12)14-10(3)15(22-4)16(25-14)19-8-7-13(20)18-17(19)21;1-4-23-26(27,24-5-2)10-8-9(10)13-12(20)14(22-3)15(25-13)18-7-6-11(19)17-16(18)21;1-2-4-5-3-1;/h7-8,10-12,14-16H,5-6,9H2,1-4H3,(H,18,20,21);6-7,9-10,12-15,20H,4-5,8H2,1-3H3,(H,17,19,21);1-4H2;1H/t10-,11?,12?,14-,15?,16+;9?,10?,12-,13+,14?,15+;;/m00../s1. The van der Waals surface area contributed by atoms with Gasteiger partial charge in [-0.25, -0.2) is 9.59 Å². The number of aliphatic hydroxyl groups excluding tert-OH is 1. The number of nitrogens with zero attached hydrogens (tertiary/aromatic N) is 2. The summed E-state index contributed by atoms with van der Waals surface area (Å²) in [6.45, 7) is 8.80. The Morgan fingerprint density at radius 1 is 0.717 bits per heavy atom. The molecule has 6 unspecified atom stereocenters. The third-order valence-electron chi connectivity index (χ3n) is 11.0. The Kier molecular flexibility index (Phi) is 19.6. The molecule has 5 fully saturated rings. The fraction of sp³-hybridized carbons (Fsp3) is 0.784. The number of aromatic amines is 2. The molecule has 5 aliphatic rings. The zero-order chi connectivity index (χ0) is 43.1. The lowest BCUT2D eigenvalue weighted by atomic mass is 9.97. The van der Waals surface area contributed by atoms with Crippen LogP contribution in [-0.4, -0.2) is 120 Å². The third kappa shape index (κ3) is 11.8. The van der Waals surface area contributed by atoms with Crippen molar-refractivity contribution in [2.45, 2.75) is 115 Å². The van der Waals surface area contributed by atoms with Crippen molar-refractivity contribution in [2.24, 2.45) is 17.8 Å². The van der Waals surface area contributed by atoms with Gasteiger partial charge in [-0.2, -0.15) is 0 Å². The van der Waals surface area contributed by atoms with Gasteiger partial charge in [0.15, 0.2) is 25.4 Å². The molecule has 2 aromatic heterocycles. The topological polar surface area (TPSA) is 213 Å². The van der Waals surface area contributed by atoms with Gasteiger partial charge in [-0.05, 0) is 82.9 Å². The highest BCUT2D eigenvalue weighted by Gasteiger charge is 2.61. The lowest BCUT2D eigenvalue weighted by Gasteiger charge is -2.23. The number of aliphatic hydroxyl groups is 1. The summed E-state index contributed by atoms with van der Waals surface area (Å²) in [7, 11) is 3.05. The van der Waals surface area contributed by atoms with E-state index in [1.807, 2.05) is 27.7 Å². The lowest BCUT2D eigenvalue weighted by Crippen LogP contribution is -2.38.